The Morgan fingerprint density at radius 1 is 1.00 bits per heavy atom. The van der Waals surface area contributed by atoms with Crippen LogP contribution in [0.25, 0.3) is 10.4 Å². The van der Waals surface area contributed by atoms with E-state index in [1.807, 2.05) is 70.1 Å². The van der Waals surface area contributed by atoms with Crippen molar-refractivity contribution >= 4 is 52.7 Å². The minimum atomic E-state index is -0.997. The van der Waals surface area contributed by atoms with Crippen LogP contribution in [0.1, 0.15) is 26.8 Å². The number of rotatable bonds is 7. The number of aromatic nitrogens is 1. The molecule has 2 aliphatic rings. The molecular formula is C27H27N2O7S2+. The van der Waals surface area contributed by atoms with Crippen LogP contribution in [0, 0.1) is 0 Å². The normalized spacial score (nSPS) is 22.4. The first-order valence-corrected chi connectivity index (χ1v) is 13.3. The van der Waals surface area contributed by atoms with Crippen molar-refractivity contribution in [2.45, 2.75) is 56.4 Å². The smallest absolute Gasteiger partial charge is 0.345 e. The van der Waals surface area contributed by atoms with Gasteiger partial charge in [0.15, 0.2) is 17.2 Å². The Morgan fingerprint density at radius 2 is 1.66 bits per heavy atom. The van der Waals surface area contributed by atoms with Crippen molar-refractivity contribution in [3.05, 3.63) is 60.7 Å². The Labute approximate surface area is 229 Å². The number of benzene rings is 2. The Hall–Kier alpha value is -3.41. The highest BCUT2D eigenvalue weighted by atomic mass is 32.1. The summed E-state index contributed by atoms with van der Waals surface area (Å²) in [6.45, 7) is 3.60. The third-order valence-corrected chi connectivity index (χ3v) is 8.15. The number of ether oxygens (including phenoxy) is 4. The van der Waals surface area contributed by atoms with Gasteiger partial charge in [-0.15, -0.1) is 0 Å². The lowest BCUT2D eigenvalue weighted by molar-refractivity contribution is -0.736. The maximum Gasteiger partial charge on any atom is 0.345 e. The second-order valence-electron chi connectivity index (χ2n) is 8.99. The lowest BCUT2D eigenvalue weighted by atomic mass is 10.0. The Balaban J connectivity index is 1.64. The Kier molecular flexibility index (Phi) is 7.42. The molecule has 0 amide bonds. The van der Waals surface area contributed by atoms with Crippen LogP contribution < -0.4 is 9.47 Å². The topological polar surface area (TPSA) is 95.2 Å². The number of nitrogens with zero attached hydrogens (tertiary/aromatic N) is 2. The lowest BCUT2D eigenvalue weighted by Gasteiger charge is -2.27. The fourth-order valence-corrected chi connectivity index (χ4v) is 6.76. The number of thiazole rings is 1. The summed E-state index contributed by atoms with van der Waals surface area (Å²) in [4.78, 5) is 38.8. The van der Waals surface area contributed by atoms with Crippen LogP contribution in [0.15, 0.2) is 65.7 Å². The summed E-state index contributed by atoms with van der Waals surface area (Å²) in [6, 6.07) is 19.1. The fraction of sp³-hybridized carbons (Fsp3) is 0.333. The van der Waals surface area contributed by atoms with E-state index >= 15 is 0 Å². The Bertz CT molecular complexity index is 1350. The Morgan fingerprint density at radius 3 is 2.26 bits per heavy atom. The van der Waals surface area contributed by atoms with Gasteiger partial charge < -0.3 is 18.9 Å². The number of thiol groups is 1. The zero-order chi connectivity index (χ0) is 27.0. The van der Waals surface area contributed by atoms with Gasteiger partial charge in [-0.1, -0.05) is 61.2 Å². The van der Waals surface area contributed by atoms with Crippen molar-refractivity contribution in [3.63, 3.8) is 0 Å². The van der Waals surface area contributed by atoms with Crippen LogP contribution in [0.3, 0.4) is 0 Å². The van der Waals surface area contributed by atoms with Crippen molar-refractivity contribution in [3.8, 4) is 10.4 Å². The van der Waals surface area contributed by atoms with Crippen LogP contribution in [0.4, 0.5) is 10.8 Å². The van der Waals surface area contributed by atoms with Crippen LogP contribution in [-0.4, -0.2) is 49.1 Å². The zero-order valence-electron chi connectivity index (χ0n) is 21.0. The van der Waals surface area contributed by atoms with E-state index in [4.69, 9.17) is 31.6 Å². The molecule has 0 saturated carbocycles. The highest BCUT2D eigenvalue weighted by Gasteiger charge is 2.65. The van der Waals surface area contributed by atoms with Crippen molar-refractivity contribution in [1.29, 1.82) is 0 Å². The first-order valence-electron chi connectivity index (χ1n) is 12.1. The molecule has 9 nitrogen and oxygen atoms in total. The summed E-state index contributed by atoms with van der Waals surface area (Å²) in [5.74, 6) is -1.62. The largest absolute Gasteiger partial charge is 0.462 e. The molecule has 1 saturated heterocycles. The van der Waals surface area contributed by atoms with E-state index in [-0.39, 0.29) is 6.61 Å². The highest BCUT2D eigenvalue weighted by Crippen LogP contribution is 2.50. The second kappa shape index (κ2) is 10.8. The van der Waals surface area contributed by atoms with E-state index in [9.17, 15) is 14.4 Å². The quantitative estimate of drug-likeness (QED) is 0.203. The molecule has 198 valence electrons. The van der Waals surface area contributed by atoms with Crippen LogP contribution in [-0.2, 0) is 33.3 Å². The molecule has 38 heavy (non-hydrogen) atoms. The number of anilines is 2. The fourth-order valence-electron chi connectivity index (χ4n) is 4.95. The minimum absolute atomic E-state index is 0.244. The molecule has 0 spiro atoms. The molecule has 0 unspecified atom stereocenters. The molecule has 5 atom stereocenters. The third kappa shape index (κ3) is 4.89. The van der Waals surface area contributed by atoms with Crippen LogP contribution >= 0.6 is 24.0 Å². The summed E-state index contributed by atoms with van der Waals surface area (Å²) in [7, 11) is 0. The van der Waals surface area contributed by atoms with Crippen molar-refractivity contribution < 1.29 is 37.9 Å². The summed E-state index contributed by atoms with van der Waals surface area (Å²) in [5.41, 5.74) is 1.87. The van der Waals surface area contributed by atoms with Crippen molar-refractivity contribution in [2.24, 2.45) is 0 Å². The maximum absolute atomic E-state index is 12.3. The average Bonchev–Trinajstić information content (AvgIpc) is 3.50. The second-order valence-corrected chi connectivity index (χ2v) is 10.4. The molecule has 2 aliphatic heterocycles. The highest BCUT2D eigenvalue weighted by molar-refractivity contribution is 7.80. The van der Waals surface area contributed by atoms with E-state index in [0.717, 1.165) is 21.3 Å². The van der Waals surface area contributed by atoms with Gasteiger partial charge in [0, 0.05) is 20.8 Å². The molecule has 11 heteroatoms. The monoisotopic (exact) mass is 555 g/mol. The molecule has 1 fully saturated rings. The number of esters is 3. The standard InChI is InChI=1S/C27H26N2O7S2/c1-15(30)33-14-20(34-16(2)31)22-23(35-17(3)32)21-25(36-22)28(19-12-8-5-9-13-19)27-29(21)26(37)24(38-27)18-10-6-4-7-11-18/h4-13,20-23,25H,14H2,1-3H3/p+1/t20-,21-,22-,23-,25+/m1/s1. The third-order valence-electron chi connectivity index (χ3n) is 6.35. The van der Waals surface area contributed by atoms with Gasteiger partial charge in [-0.25, -0.2) is 0 Å². The van der Waals surface area contributed by atoms with E-state index in [0.29, 0.717) is 5.03 Å². The molecule has 3 aromatic rings. The van der Waals surface area contributed by atoms with Gasteiger partial charge >= 0.3 is 23.0 Å². The molecule has 5 rings (SSSR count). The minimum Gasteiger partial charge on any atom is -0.462 e. The number of carbonyl (C=O) groups excluding carboxylic acids is 3. The van der Waals surface area contributed by atoms with Crippen molar-refractivity contribution in [1.82, 2.24) is 0 Å². The predicted octanol–water partition coefficient (Wildman–Crippen LogP) is 3.84. The SMILES string of the molecule is CC(=O)OC[C@@H](OC(C)=O)[C@H]1O[C@H]2[C@@H]([C@H]1OC(C)=O)[n+]1c(sc(-c3ccccc3)c1S)N2c1ccccc1. The van der Waals surface area contributed by atoms with Gasteiger partial charge in [-0.2, -0.15) is 9.47 Å². The molecule has 0 radical (unpaired) electrons. The molecule has 0 N–H and O–H groups in total. The predicted molar refractivity (Wildman–Crippen MR) is 141 cm³/mol. The summed E-state index contributed by atoms with van der Waals surface area (Å²) in [6.07, 6.45) is -3.37. The van der Waals surface area contributed by atoms with Gasteiger partial charge in [0.05, 0.1) is 4.88 Å². The van der Waals surface area contributed by atoms with Gasteiger partial charge in [-0.3, -0.25) is 14.4 Å². The lowest BCUT2D eigenvalue weighted by Crippen LogP contribution is -2.50. The van der Waals surface area contributed by atoms with E-state index in [1.165, 1.54) is 20.8 Å². The molecule has 0 bridgehead atoms. The number of hydrogen-bond acceptors (Lipinski definition) is 10. The van der Waals surface area contributed by atoms with Crippen molar-refractivity contribution in [2.75, 3.05) is 11.5 Å². The van der Waals surface area contributed by atoms with Gasteiger partial charge in [0.2, 0.25) is 12.3 Å². The van der Waals surface area contributed by atoms with Crippen LogP contribution in [0.2, 0.25) is 0 Å². The molecule has 1 aromatic heterocycles. The maximum atomic E-state index is 12.3. The first kappa shape index (κ1) is 26.2. The van der Waals surface area contributed by atoms with Gasteiger partial charge in [-0.05, 0) is 29.0 Å². The van der Waals surface area contributed by atoms with E-state index in [1.54, 1.807) is 11.3 Å². The van der Waals surface area contributed by atoms with Crippen LogP contribution in [0.5, 0.6) is 0 Å². The van der Waals surface area contributed by atoms with Gasteiger partial charge in [0.25, 0.3) is 0 Å². The molecule has 3 heterocycles. The zero-order valence-corrected chi connectivity index (χ0v) is 22.7. The number of para-hydroxylation sites is 1. The molecule has 2 aromatic carbocycles. The summed E-state index contributed by atoms with van der Waals surface area (Å²) < 4.78 is 25.1. The summed E-state index contributed by atoms with van der Waals surface area (Å²) in [5, 5.41) is 1.55. The van der Waals surface area contributed by atoms with E-state index in [2.05, 4.69) is 0 Å². The first-order chi connectivity index (χ1) is 18.3. The number of hydrogen-bond donors (Lipinski definition) is 1. The van der Waals surface area contributed by atoms with Gasteiger partial charge in [0.1, 0.15) is 18.4 Å². The molecular weight excluding hydrogens is 528 g/mol. The number of fused-ring (bicyclic) bond motifs is 3. The average molecular weight is 556 g/mol. The number of carbonyl (C=O) groups is 3. The summed E-state index contributed by atoms with van der Waals surface area (Å²) >= 11 is 6.48. The van der Waals surface area contributed by atoms with E-state index < -0.39 is 48.5 Å². The molecule has 0 aliphatic carbocycles.